The van der Waals surface area contributed by atoms with Crippen molar-refractivity contribution in [2.24, 2.45) is 0 Å². The number of rotatable bonds is 8. The number of aromatic nitrogens is 1. The van der Waals surface area contributed by atoms with Gasteiger partial charge in [-0.15, -0.1) is 24.2 Å². The lowest BCUT2D eigenvalue weighted by atomic mass is 10.1. The number of benzene rings is 2. The number of carbonyl (C=O) groups is 1. The van der Waals surface area contributed by atoms with Gasteiger partial charge in [-0.3, -0.25) is 9.69 Å². The standard InChI is InChI=1S/C22H26FN3OS2.ClH/c1-15-12-16(2)21-19(13-15)29-22(24-21)26(11-5-10-25(3)4)20(27)14-28-18-8-6-17(23)7-9-18;/h6-9,12-13H,5,10-11,14H2,1-4H3;1H. The summed E-state index contributed by atoms with van der Waals surface area (Å²) in [6, 6.07) is 10.5. The Labute approximate surface area is 191 Å². The molecule has 1 aromatic heterocycles. The van der Waals surface area contributed by atoms with Crippen LogP contribution in [-0.2, 0) is 4.79 Å². The largest absolute Gasteiger partial charge is 0.309 e. The van der Waals surface area contributed by atoms with Crippen LogP contribution < -0.4 is 4.90 Å². The van der Waals surface area contributed by atoms with Gasteiger partial charge in [-0.2, -0.15) is 0 Å². The van der Waals surface area contributed by atoms with E-state index in [0.29, 0.717) is 12.3 Å². The molecule has 0 aliphatic heterocycles. The van der Waals surface area contributed by atoms with Gasteiger partial charge in [-0.05, 0) is 82.4 Å². The highest BCUT2D eigenvalue weighted by molar-refractivity contribution is 8.00. The number of nitrogens with zero attached hydrogens (tertiary/aromatic N) is 3. The third kappa shape index (κ3) is 6.41. The number of hydrogen-bond donors (Lipinski definition) is 0. The number of halogens is 2. The maximum atomic E-state index is 13.1. The summed E-state index contributed by atoms with van der Waals surface area (Å²) in [4.78, 5) is 22.7. The molecule has 1 amide bonds. The van der Waals surface area contributed by atoms with Crippen LogP contribution in [0.1, 0.15) is 17.5 Å². The number of aryl methyl sites for hydroxylation is 2. The molecule has 30 heavy (non-hydrogen) atoms. The van der Waals surface area contributed by atoms with E-state index in [9.17, 15) is 9.18 Å². The fourth-order valence-corrected chi connectivity index (χ4v) is 5.06. The molecule has 0 N–H and O–H groups in total. The molecule has 8 heteroatoms. The number of amides is 1. The molecule has 3 rings (SSSR count). The summed E-state index contributed by atoms with van der Waals surface area (Å²) in [6.45, 7) is 5.66. The van der Waals surface area contributed by atoms with Gasteiger partial charge < -0.3 is 4.90 Å². The summed E-state index contributed by atoms with van der Waals surface area (Å²) in [6.07, 6.45) is 0.869. The van der Waals surface area contributed by atoms with Crippen molar-refractivity contribution in [2.75, 3.05) is 37.8 Å². The average molecular weight is 468 g/mol. The van der Waals surface area contributed by atoms with E-state index in [1.165, 1.54) is 29.5 Å². The summed E-state index contributed by atoms with van der Waals surface area (Å²) < 4.78 is 14.2. The van der Waals surface area contributed by atoms with E-state index in [1.807, 2.05) is 14.1 Å². The van der Waals surface area contributed by atoms with Crippen molar-refractivity contribution in [3.8, 4) is 0 Å². The summed E-state index contributed by atoms with van der Waals surface area (Å²) in [5.74, 6) is 0.0410. The van der Waals surface area contributed by atoms with Crippen molar-refractivity contribution < 1.29 is 9.18 Å². The molecule has 0 fully saturated rings. The highest BCUT2D eigenvalue weighted by atomic mass is 35.5. The topological polar surface area (TPSA) is 36.4 Å². The van der Waals surface area contributed by atoms with Crippen molar-refractivity contribution in [2.45, 2.75) is 25.2 Å². The predicted octanol–water partition coefficient (Wildman–Crippen LogP) is 5.55. The monoisotopic (exact) mass is 467 g/mol. The van der Waals surface area contributed by atoms with Crippen LogP contribution in [0.15, 0.2) is 41.3 Å². The summed E-state index contributed by atoms with van der Waals surface area (Å²) >= 11 is 2.99. The zero-order valence-electron chi connectivity index (χ0n) is 17.6. The lowest BCUT2D eigenvalue weighted by Gasteiger charge is -2.21. The number of hydrogen-bond acceptors (Lipinski definition) is 5. The molecule has 0 saturated carbocycles. The van der Waals surface area contributed by atoms with E-state index in [-0.39, 0.29) is 24.1 Å². The summed E-state index contributed by atoms with van der Waals surface area (Å²) in [5.41, 5.74) is 3.29. The third-order valence-electron chi connectivity index (χ3n) is 4.51. The van der Waals surface area contributed by atoms with Crippen LogP contribution in [0.25, 0.3) is 10.2 Å². The van der Waals surface area contributed by atoms with Gasteiger partial charge >= 0.3 is 0 Å². The van der Waals surface area contributed by atoms with E-state index in [2.05, 4.69) is 30.9 Å². The maximum absolute atomic E-state index is 13.1. The fourth-order valence-electron chi connectivity index (χ4n) is 3.10. The SMILES string of the molecule is Cc1cc(C)c2nc(N(CCCN(C)C)C(=O)CSc3ccc(F)cc3)sc2c1.Cl. The molecule has 0 saturated heterocycles. The van der Waals surface area contributed by atoms with Crippen molar-refractivity contribution >= 4 is 56.8 Å². The highest BCUT2D eigenvalue weighted by Crippen LogP contribution is 2.32. The van der Waals surface area contributed by atoms with Gasteiger partial charge in [0.25, 0.3) is 0 Å². The molecule has 0 aliphatic rings. The number of thioether (sulfide) groups is 1. The number of thiazole rings is 1. The van der Waals surface area contributed by atoms with Crippen LogP contribution in [0.3, 0.4) is 0 Å². The van der Waals surface area contributed by atoms with Gasteiger partial charge in [-0.1, -0.05) is 17.4 Å². The van der Waals surface area contributed by atoms with Crippen LogP contribution >= 0.6 is 35.5 Å². The Morgan fingerprint density at radius 2 is 1.83 bits per heavy atom. The van der Waals surface area contributed by atoms with Gasteiger partial charge in [0.15, 0.2) is 5.13 Å². The fraction of sp³-hybridized carbons (Fsp3) is 0.364. The Kier molecular flexibility index (Phi) is 9.09. The Morgan fingerprint density at radius 3 is 2.50 bits per heavy atom. The summed E-state index contributed by atoms with van der Waals surface area (Å²) in [5, 5.41) is 0.747. The molecule has 2 aromatic carbocycles. The quantitative estimate of drug-likeness (QED) is 0.407. The number of fused-ring (bicyclic) bond motifs is 1. The lowest BCUT2D eigenvalue weighted by molar-refractivity contribution is -0.116. The van der Waals surface area contributed by atoms with Crippen molar-refractivity contribution in [3.63, 3.8) is 0 Å². The highest BCUT2D eigenvalue weighted by Gasteiger charge is 2.20. The second-order valence-corrected chi connectivity index (χ2v) is 9.43. The minimum Gasteiger partial charge on any atom is -0.309 e. The van der Waals surface area contributed by atoms with Crippen LogP contribution in [0.5, 0.6) is 0 Å². The Bertz CT molecular complexity index is 992. The average Bonchev–Trinajstić information content (AvgIpc) is 3.08. The normalized spacial score (nSPS) is 11.0. The predicted molar refractivity (Wildman–Crippen MR) is 129 cm³/mol. The van der Waals surface area contributed by atoms with E-state index in [0.717, 1.165) is 38.8 Å². The molecular formula is C22H27ClFN3OS2. The number of anilines is 1. The zero-order valence-corrected chi connectivity index (χ0v) is 20.1. The maximum Gasteiger partial charge on any atom is 0.239 e. The molecular weight excluding hydrogens is 441 g/mol. The molecule has 0 spiro atoms. The first-order valence-corrected chi connectivity index (χ1v) is 11.3. The first-order chi connectivity index (χ1) is 13.8. The molecule has 0 atom stereocenters. The van der Waals surface area contributed by atoms with E-state index in [4.69, 9.17) is 4.98 Å². The second-order valence-electron chi connectivity index (χ2n) is 7.37. The van der Waals surface area contributed by atoms with Crippen molar-refractivity contribution in [1.82, 2.24) is 9.88 Å². The number of carbonyl (C=O) groups excluding carboxylic acids is 1. The van der Waals surface area contributed by atoms with E-state index < -0.39 is 0 Å². The van der Waals surface area contributed by atoms with Crippen LogP contribution in [0.4, 0.5) is 9.52 Å². The molecule has 0 unspecified atom stereocenters. The first kappa shape index (κ1) is 24.6. The van der Waals surface area contributed by atoms with Gasteiger partial charge in [0.2, 0.25) is 5.91 Å². The van der Waals surface area contributed by atoms with Gasteiger partial charge in [0, 0.05) is 11.4 Å². The minimum atomic E-state index is -0.272. The first-order valence-electron chi connectivity index (χ1n) is 9.55. The molecule has 0 radical (unpaired) electrons. The molecule has 4 nitrogen and oxygen atoms in total. The molecule has 162 valence electrons. The van der Waals surface area contributed by atoms with Gasteiger partial charge in [0.05, 0.1) is 16.0 Å². The molecule has 3 aromatic rings. The van der Waals surface area contributed by atoms with Gasteiger partial charge in [0.1, 0.15) is 5.82 Å². The van der Waals surface area contributed by atoms with Crippen molar-refractivity contribution in [3.05, 3.63) is 53.3 Å². The third-order valence-corrected chi connectivity index (χ3v) is 6.54. The minimum absolute atomic E-state index is 0. The second kappa shape index (κ2) is 11.1. The lowest BCUT2D eigenvalue weighted by Crippen LogP contribution is -2.34. The van der Waals surface area contributed by atoms with E-state index in [1.54, 1.807) is 28.4 Å². The Morgan fingerprint density at radius 1 is 1.13 bits per heavy atom. The molecule has 0 bridgehead atoms. The summed E-state index contributed by atoms with van der Waals surface area (Å²) in [7, 11) is 4.06. The van der Waals surface area contributed by atoms with Crippen LogP contribution in [-0.4, -0.2) is 48.7 Å². The molecule has 1 heterocycles. The van der Waals surface area contributed by atoms with E-state index >= 15 is 0 Å². The smallest absolute Gasteiger partial charge is 0.239 e. The Balaban J connectivity index is 0.00000320. The molecule has 0 aliphatic carbocycles. The van der Waals surface area contributed by atoms with Crippen LogP contribution in [0, 0.1) is 19.7 Å². The Hall–Kier alpha value is -1.67. The van der Waals surface area contributed by atoms with Crippen LogP contribution in [0.2, 0.25) is 0 Å². The zero-order chi connectivity index (χ0) is 21.0. The van der Waals surface area contributed by atoms with Gasteiger partial charge in [-0.25, -0.2) is 9.37 Å². The van der Waals surface area contributed by atoms with Crippen molar-refractivity contribution in [1.29, 1.82) is 0 Å².